The van der Waals surface area contributed by atoms with E-state index in [9.17, 15) is 4.79 Å². The fourth-order valence-corrected chi connectivity index (χ4v) is 4.23. The maximum Gasteiger partial charge on any atom is 0.253 e. The van der Waals surface area contributed by atoms with Crippen molar-refractivity contribution >= 4 is 28.5 Å². The highest BCUT2D eigenvalue weighted by Crippen LogP contribution is 2.29. The molecule has 0 aliphatic rings. The van der Waals surface area contributed by atoms with Crippen LogP contribution in [0.15, 0.2) is 78.1 Å². The summed E-state index contributed by atoms with van der Waals surface area (Å²) in [6.07, 6.45) is 5.26. The van der Waals surface area contributed by atoms with Crippen LogP contribution in [0.1, 0.15) is 24.1 Å². The number of fused-ring (bicyclic) bond motifs is 1. The fourth-order valence-electron chi connectivity index (χ4n) is 3.98. The van der Waals surface area contributed by atoms with Crippen molar-refractivity contribution in [2.75, 3.05) is 12.4 Å². The van der Waals surface area contributed by atoms with Crippen molar-refractivity contribution in [3.63, 3.8) is 0 Å². The Bertz CT molecular complexity index is 1550. The summed E-state index contributed by atoms with van der Waals surface area (Å²) in [5.41, 5.74) is 3.76. The Hall–Kier alpha value is -4.17. The summed E-state index contributed by atoms with van der Waals surface area (Å²) in [6.45, 7) is 2.57. The van der Waals surface area contributed by atoms with Crippen LogP contribution in [-0.4, -0.2) is 31.6 Å². The first-order valence-corrected chi connectivity index (χ1v) is 11.4. The highest BCUT2D eigenvalue weighted by atomic mass is 35.5. The van der Waals surface area contributed by atoms with Crippen molar-refractivity contribution in [2.24, 2.45) is 0 Å². The number of halogens is 1. The van der Waals surface area contributed by atoms with Gasteiger partial charge in [0.15, 0.2) is 0 Å². The quantitative estimate of drug-likeness (QED) is 0.333. The molecule has 5 aromatic rings. The molecule has 0 unspecified atom stereocenters. The number of aromatic amines is 1. The highest BCUT2D eigenvalue weighted by molar-refractivity contribution is 6.32. The lowest BCUT2D eigenvalue weighted by molar-refractivity contribution is 0.415. The van der Waals surface area contributed by atoms with E-state index in [4.69, 9.17) is 16.3 Å². The number of pyridine rings is 1. The zero-order valence-corrected chi connectivity index (χ0v) is 20.0. The Morgan fingerprint density at radius 3 is 2.80 bits per heavy atom. The van der Waals surface area contributed by atoms with E-state index in [-0.39, 0.29) is 11.6 Å². The molecular formula is C26H23ClN6O2. The molecule has 0 bridgehead atoms. The van der Waals surface area contributed by atoms with Crippen LogP contribution in [0.25, 0.3) is 22.3 Å². The van der Waals surface area contributed by atoms with Gasteiger partial charge in [-0.1, -0.05) is 41.9 Å². The zero-order chi connectivity index (χ0) is 24.4. The molecule has 1 atom stereocenters. The van der Waals surface area contributed by atoms with Gasteiger partial charge in [-0.3, -0.25) is 4.79 Å². The number of aromatic nitrogens is 5. The molecule has 35 heavy (non-hydrogen) atoms. The monoisotopic (exact) mass is 486 g/mol. The summed E-state index contributed by atoms with van der Waals surface area (Å²) in [7, 11) is 1.54. The number of rotatable bonds is 7. The standard InChI is InChI=1S/C26H23ClN6O2/c1-16(19-10-18-11-20(27)24(35-2)12-22(18)31-25(19)34)30-26-29-9-8-21(32-26)23-13-28-15-33(23)14-17-6-4-3-5-7-17/h3-13,15-16H,14H2,1-2H3,(H,31,34)(H,29,30,32)/t16-/m0/s1. The second-order valence-corrected chi connectivity index (χ2v) is 8.56. The first kappa shape index (κ1) is 22.6. The van der Waals surface area contributed by atoms with Crippen molar-refractivity contribution in [3.8, 4) is 17.1 Å². The average molecular weight is 487 g/mol. The third-order valence-electron chi connectivity index (χ3n) is 5.78. The number of benzene rings is 2. The Kier molecular flexibility index (Phi) is 6.20. The number of H-pyrrole nitrogens is 1. The van der Waals surface area contributed by atoms with Crippen LogP contribution >= 0.6 is 11.6 Å². The molecule has 0 amide bonds. The van der Waals surface area contributed by atoms with Gasteiger partial charge in [-0.2, -0.15) is 0 Å². The number of imidazole rings is 1. The number of hydrogen-bond acceptors (Lipinski definition) is 6. The Labute approximate surface area is 206 Å². The fraction of sp³-hybridized carbons (Fsp3) is 0.154. The van der Waals surface area contributed by atoms with Gasteiger partial charge < -0.3 is 19.6 Å². The van der Waals surface area contributed by atoms with E-state index in [0.717, 1.165) is 16.8 Å². The summed E-state index contributed by atoms with van der Waals surface area (Å²) in [5, 5.41) is 4.52. The molecule has 2 N–H and O–H groups in total. The molecule has 3 aromatic heterocycles. The van der Waals surface area contributed by atoms with Crippen LogP contribution < -0.4 is 15.6 Å². The molecular weight excluding hydrogens is 464 g/mol. The van der Waals surface area contributed by atoms with Crippen molar-refractivity contribution in [1.82, 2.24) is 24.5 Å². The lowest BCUT2D eigenvalue weighted by Gasteiger charge is -2.15. The van der Waals surface area contributed by atoms with E-state index in [1.807, 2.05) is 41.8 Å². The SMILES string of the molecule is COc1cc2[nH]c(=O)c([C@H](C)Nc3nccc(-c4cncn4Cc4ccccc4)n3)cc2cc1Cl. The molecule has 8 nitrogen and oxygen atoms in total. The van der Waals surface area contributed by atoms with Crippen LogP contribution in [0, 0.1) is 0 Å². The molecule has 0 fully saturated rings. The maximum atomic E-state index is 12.8. The number of anilines is 1. The van der Waals surface area contributed by atoms with Crippen LogP contribution in [0.3, 0.4) is 0 Å². The molecule has 0 radical (unpaired) electrons. The number of methoxy groups -OCH3 is 1. The third kappa shape index (κ3) is 4.74. The van der Waals surface area contributed by atoms with Crippen LogP contribution in [0.2, 0.25) is 5.02 Å². The van der Waals surface area contributed by atoms with Gasteiger partial charge in [-0.15, -0.1) is 0 Å². The molecule has 176 valence electrons. The van der Waals surface area contributed by atoms with E-state index < -0.39 is 0 Å². The number of hydrogen-bond donors (Lipinski definition) is 2. The predicted octanol–water partition coefficient (Wildman–Crippen LogP) is 5.07. The minimum atomic E-state index is -0.353. The normalized spacial score (nSPS) is 12.0. The largest absolute Gasteiger partial charge is 0.495 e. The average Bonchev–Trinajstić information content (AvgIpc) is 3.32. The zero-order valence-electron chi connectivity index (χ0n) is 19.2. The highest BCUT2D eigenvalue weighted by Gasteiger charge is 2.15. The lowest BCUT2D eigenvalue weighted by atomic mass is 10.1. The van der Waals surface area contributed by atoms with Crippen LogP contribution in [-0.2, 0) is 6.54 Å². The molecule has 0 aliphatic heterocycles. The van der Waals surface area contributed by atoms with Crippen LogP contribution in [0.5, 0.6) is 5.75 Å². The summed E-state index contributed by atoms with van der Waals surface area (Å²) < 4.78 is 7.28. The van der Waals surface area contributed by atoms with E-state index in [1.54, 1.807) is 30.9 Å². The number of nitrogens with one attached hydrogen (secondary N) is 2. The van der Waals surface area contributed by atoms with Gasteiger partial charge >= 0.3 is 0 Å². The molecule has 0 spiro atoms. The van der Waals surface area contributed by atoms with Gasteiger partial charge in [0.25, 0.3) is 5.56 Å². The van der Waals surface area contributed by atoms with E-state index in [0.29, 0.717) is 34.3 Å². The van der Waals surface area contributed by atoms with Gasteiger partial charge in [0, 0.05) is 29.8 Å². The molecule has 0 aliphatic carbocycles. The van der Waals surface area contributed by atoms with Gasteiger partial charge in [-0.05, 0) is 30.7 Å². The van der Waals surface area contributed by atoms with Crippen molar-refractivity contribution < 1.29 is 4.74 Å². The molecule has 0 saturated heterocycles. The molecule has 3 heterocycles. The van der Waals surface area contributed by atoms with Crippen LogP contribution in [0.4, 0.5) is 5.95 Å². The number of ether oxygens (including phenoxy) is 1. The van der Waals surface area contributed by atoms with Gasteiger partial charge in [0.1, 0.15) is 5.75 Å². The Morgan fingerprint density at radius 1 is 1.17 bits per heavy atom. The lowest BCUT2D eigenvalue weighted by Crippen LogP contribution is -2.20. The van der Waals surface area contributed by atoms with Gasteiger partial charge in [0.05, 0.1) is 47.6 Å². The van der Waals surface area contributed by atoms with Crippen molar-refractivity contribution in [1.29, 1.82) is 0 Å². The smallest absolute Gasteiger partial charge is 0.253 e. The molecule has 9 heteroatoms. The third-order valence-corrected chi connectivity index (χ3v) is 6.08. The summed E-state index contributed by atoms with van der Waals surface area (Å²) in [5.74, 6) is 0.917. The predicted molar refractivity (Wildman–Crippen MR) is 137 cm³/mol. The first-order chi connectivity index (χ1) is 17.0. The van der Waals surface area contributed by atoms with E-state index in [1.165, 1.54) is 12.7 Å². The summed E-state index contributed by atoms with van der Waals surface area (Å²) in [4.78, 5) is 29.0. The van der Waals surface area contributed by atoms with E-state index in [2.05, 4.69) is 37.4 Å². The second-order valence-electron chi connectivity index (χ2n) is 8.15. The minimum absolute atomic E-state index is 0.209. The summed E-state index contributed by atoms with van der Waals surface area (Å²) >= 11 is 6.28. The number of nitrogens with zero attached hydrogens (tertiary/aromatic N) is 4. The molecule has 0 saturated carbocycles. The minimum Gasteiger partial charge on any atom is -0.495 e. The van der Waals surface area contributed by atoms with E-state index >= 15 is 0 Å². The molecule has 5 rings (SSSR count). The van der Waals surface area contributed by atoms with Crippen molar-refractivity contribution in [3.05, 3.63) is 99.8 Å². The second kappa shape index (κ2) is 9.60. The van der Waals surface area contributed by atoms with Gasteiger partial charge in [0.2, 0.25) is 5.95 Å². The topological polar surface area (TPSA) is 97.7 Å². The first-order valence-electron chi connectivity index (χ1n) is 11.1. The maximum absolute atomic E-state index is 12.8. The Morgan fingerprint density at radius 2 is 2.00 bits per heavy atom. The molecule has 2 aromatic carbocycles. The Balaban J connectivity index is 1.41. The van der Waals surface area contributed by atoms with Crippen molar-refractivity contribution in [2.45, 2.75) is 19.5 Å². The van der Waals surface area contributed by atoms with Gasteiger partial charge in [-0.25, -0.2) is 15.0 Å². The summed E-state index contributed by atoms with van der Waals surface area (Å²) in [6, 6.07) is 17.0.